The molecular weight excluding hydrogens is 892 g/mol. The zero-order valence-electron chi connectivity index (χ0n) is 44.8. The number of hydrogen-bond acceptors (Lipinski definition) is 2. The molecule has 0 aromatic heterocycles. The Hall–Kier alpha value is -7.36. The fourth-order valence-corrected chi connectivity index (χ4v) is 13.5. The van der Waals surface area contributed by atoms with E-state index in [9.17, 15) is 0 Å². The Morgan fingerprint density at radius 3 is 0.892 bits per heavy atom. The van der Waals surface area contributed by atoms with Crippen molar-refractivity contribution in [3.63, 3.8) is 0 Å². The van der Waals surface area contributed by atoms with E-state index in [2.05, 4.69) is 266 Å². The third-order valence-electron chi connectivity index (χ3n) is 17.9. The molecule has 74 heavy (non-hydrogen) atoms. The van der Waals surface area contributed by atoms with Gasteiger partial charge >= 0.3 is 0 Å². The highest BCUT2D eigenvalue weighted by Crippen LogP contribution is 2.54. The Morgan fingerprint density at radius 1 is 0.311 bits per heavy atom. The van der Waals surface area contributed by atoms with E-state index in [0.29, 0.717) is 0 Å². The van der Waals surface area contributed by atoms with Crippen LogP contribution in [0.3, 0.4) is 0 Å². The van der Waals surface area contributed by atoms with Gasteiger partial charge in [-0.05, 0) is 204 Å². The third kappa shape index (κ3) is 7.52. The molecule has 2 aliphatic carbocycles. The molecule has 13 rings (SSSR count). The van der Waals surface area contributed by atoms with Gasteiger partial charge in [0.15, 0.2) is 0 Å². The maximum Gasteiger partial charge on any atom is 0.252 e. The maximum absolute atomic E-state index is 2.70. The molecule has 3 heteroatoms. The topological polar surface area (TPSA) is 6.48 Å². The fraction of sp³-hybridized carbons (Fsp3) is 0.239. The van der Waals surface area contributed by atoms with Crippen molar-refractivity contribution >= 4 is 57.2 Å². The van der Waals surface area contributed by atoms with Gasteiger partial charge in [-0.2, -0.15) is 0 Å². The summed E-state index contributed by atoms with van der Waals surface area (Å²) in [6.45, 7) is 22.2. The summed E-state index contributed by atoms with van der Waals surface area (Å²) in [4.78, 5) is 5.36. The van der Waals surface area contributed by atoms with Gasteiger partial charge in [-0.25, -0.2) is 0 Å². The number of hydrogen-bond donors (Lipinski definition) is 0. The molecule has 0 atom stereocenters. The van der Waals surface area contributed by atoms with Gasteiger partial charge in [-0.1, -0.05) is 189 Å². The number of rotatable bonds is 6. The maximum atomic E-state index is 2.70. The van der Waals surface area contributed by atoms with Gasteiger partial charge in [0, 0.05) is 34.1 Å². The van der Waals surface area contributed by atoms with E-state index < -0.39 is 0 Å². The average molecular weight is 959 g/mol. The molecule has 0 radical (unpaired) electrons. The predicted octanol–water partition coefficient (Wildman–Crippen LogP) is 17.4. The Kier molecular flexibility index (Phi) is 10.6. The molecule has 9 aromatic carbocycles. The first-order valence-electron chi connectivity index (χ1n) is 27.2. The van der Waals surface area contributed by atoms with Crippen molar-refractivity contribution in [2.24, 2.45) is 0 Å². The first-order valence-corrected chi connectivity index (χ1v) is 27.2. The fourth-order valence-electron chi connectivity index (χ4n) is 13.5. The minimum atomic E-state index is -0.00724. The monoisotopic (exact) mass is 959 g/mol. The number of aryl methyl sites for hydroxylation is 1. The Labute approximate surface area is 440 Å². The second-order valence-corrected chi connectivity index (χ2v) is 24.8. The van der Waals surface area contributed by atoms with Crippen molar-refractivity contribution in [1.29, 1.82) is 0 Å². The molecule has 4 aliphatic rings. The molecule has 0 amide bonds. The summed E-state index contributed by atoms with van der Waals surface area (Å²) in [7, 11) is 0. The van der Waals surface area contributed by atoms with Crippen molar-refractivity contribution in [2.45, 2.75) is 110 Å². The first kappa shape index (κ1) is 46.4. The van der Waals surface area contributed by atoms with Gasteiger partial charge in [-0.15, -0.1) is 0 Å². The third-order valence-corrected chi connectivity index (χ3v) is 17.9. The van der Waals surface area contributed by atoms with Crippen LogP contribution in [-0.4, -0.2) is 6.71 Å². The molecule has 2 heterocycles. The van der Waals surface area contributed by atoms with Crippen LogP contribution in [0.25, 0.3) is 44.5 Å². The van der Waals surface area contributed by atoms with Crippen LogP contribution >= 0.6 is 0 Å². The molecule has 0 unspecified atom stereocenters. The highest BCUT2D eigenvalue weighted by Gasteiger charge is 2.48. The van der Waals surface area contributed by atoms with Crippen LogP contribution in [0.5, 0.6) is 0 Å². The van der Waals surface area contributed by atoms with E-state index in [4.69, 9.17) is 0 Å². The van der Waals surface area contributed by atoms with E-state index in [1.807, 2.05) is 0 Å². The lowest BCUT2D eigenvalue weighted by Gasteiger charge is -2.49. The quantitative estimate of drug-likeness (QED) is 0.153. The molecule has 0 saturated heterocycles. The summed E-state index contributed by atoms with van der Waals surface area (Å²) in [6.07, 6.45) is 4.61. The molecule has 0 saturated carbocycles. The zero-order valence-corrected chi connectivity index (χ0v) is 44.8. The Morgan fingerprint density at radius 2 is 0.595 bits per heavy atom. The van der Waals surface area contributed by atoms with Gasteiger partial charge in [0.1, 0.15) is 0 Å². The van der Waals surface area contributed by atoms with Crippen molar-refractivity contribution in [1.82, 2.24) is 0 Å². The van der Waals surface area contributed by atoms with Crippen LogP contribution in [0, 0.1) is 6.92 Å². The lowest BCUT2D eigenvalue weighted by molar-refractivity contribution is 0.332. The van der Waals surface area contributed by atoms with Crippen molar-refractivity contribution < 1.29 is 0 Å². The van der Waals surface area contributed by atoms with Crippen LogP contribution in [0.1, 0.15) is 109 Å². The highest BCUT2D eigenvalue weighted by atomic mass is 15.2. The zero-order chi connectivity index (χ0) is 50.9. The largest absolute Gasteiger partial charge is 0.311 e. The standard InChI is InChI=1S/C71H67BN2/c1-46-34-65-67-66(35-46)74(56-40-53(49-26-18-12-19-27-49)37-54(41-56)50-28-20-13-21-29-50)64-45-60-58(69(4,5)31-33-71(60,8)9)43-62(64)72(67)61-42-57-59(70(6,7)32-30-68(57,2)3)44-63(61)73(65)55-38-51(47-22-14-10-15-23-47)36-52(39-55)48-24-16-11-17-25-48/h10-29,34-45H,30-33H2,1-9H3. The van der Waals surface area contributed by atoms with Crippen molar-refractivity contribution in [3.05, 3.63) is 222 Å². The van der Waals surface area contributed by atoms with Gasteiger partial charge in [0.2, 0.25) is 0 Å². The van der Waals surface area contributed by atoms with Crippen LogP contribution in [0.2, 0.25) is 0 Å². The van der Waals surface area contributed by atoms with Crippen LogP contribution in [0.4, 0.5) is 34.1 Å². The second kappa shape index (κ2) is 16.8. The van der Waals surface area contributed by atoms with E-state index in [1.165, 1.54) is 123 Å². The number of anilines is 6. The Bertz CT molecular complexity index is 3330. The summed E-state index contributed by atoms with van der Waals surface area (Å²) in [6, 6.07) is 74.2. The summed E-state index contributed by atoms with van der Waals surface area (Å²) < 4.78 is 0. The lowest BCUT2D eigenvalue weighted by atomic mass is 9.32. The summed E-state index contributed by atoms with van der Waals surface area (Å²) in [5.41, 5.74) is 28.6. The molecular formula is C71H67BN2. The van der Waals surface area contributed by atoms with E-state index in [-0.39, 0.29) is 28.4 Å². The van der Waals surface area contributed by atoms with Crippen molar-refractivity contribution in [3.8, 4) is 44.5 Å². The summed E-state index contributed by atoms with van der Waals surface area (Å²) >= 11 is 0. The first-order chi connectivity index (χ1) is 35.5. The van der Waals surface area contributed by atoms with E-state index in [1.54, 1.807) is 0 Å². The highest BCUT2D eigenvalue weighted by molar-refractivity contribution is 7.00. The Balaban J connectivity index is 1.17. The summed E-state index contributed by atoms with van der Waals surface area (Å²) in [5, 5.41) is 0. The lowest BCUT2D eigenvalue weighted by Crippen LogP contribution is -2.62. The van der Waals surface area contributed by atoms with E-state index >= 15 is 0 Å². The average Bonchev–Trinajstić information content (AvgIpc) is 3.45. The van der Waals surface area contributed by atoms with Crippen LogP contribution in [-0.2, 0) is 21.7 Å². The minimum absolute atomic E-state index is 0.00724. The van der Waals surface area contributed by atoms with Crippen molar-refractivity contribution in [2.75, 3.05) is 9.80 Å². The number of fused-ring (bicyclic) bond motifs is 6. The SMILES string of the molecule is Cc1cc2c3c(c1)N(c1cc(-c4ccccc4)cc(-c4ccccc4)c1)c1cc4c(cc1B3c1cc3c(cc1N2c1cc(-c2ccccc2)cc(-c2ccccc2)c1)C(C)(C)CCC3(C)C)C(C)(C)CCC4(C)C. The van der Waals surface area contributed by atoms with Gasteiger partial charge in [-0.3, -0.25) is 0 Å². The number of benzene rings is 9. The summed E-state index contributed by atoms with van der Waals surface area (Å²) in [5.74, 6) is 0. The smallest absolute Gasteiger partial charge is 0.252 e. The molecule has 364 valence electrons. The molecule has 2 aliphatic heterocycles. The molecule has 9 aromatic rings. The minimum Gasteiger partial charge on any atom is -0.311 e. The molecule has 2 nitrogen and oxygen atoms in total. The second-order valence-electron chi connectivity index (χ2n) is 24.8. The van der Waals surface area contributed by atoms with Gasteiger partial charge in [0.25, 0.3) is 6.71 Å². The van der Waals surface area contributed by atoms with Gasteiger partial charge in [0.05, 0.1) is 0 Å². The predicted molar refractivity (Wildman–Crippen MR) is 318 cm³/mol. The molecule has 0 spiro atoms. The van der Waals surface area contributed by atoms with Gasteiger partial charge < -0.3 is 9.80 Å². The molecule has 0 fully saturated rings. The normalized spacial score (nSPS) is 17.1. The van der Waals surface area contributed by atoms with Crippen LogP contribution in [0.15, 0.2) is 194 Å². The molecule has 0 bridgehead atoms. The van der Waals surface area contributed by atoms with Crippen LogP contribution < -0.4 is 26.2 Å². The van der Waals surface area contributed by atoms with E-state index in [0.717, 1.165) is 25.7 Å². The number of nitrogens with zero attached hydrogens (tertiary/aromatic N) is 2. The molecule has 0 N–H and O–H groups in total.